The first-order valence-corrected chi connectivity index (χ1v) is 7.93. The number of ether oxygens (including phenoxy) is 1. The summed E-state index contributed by atoms with van der Waals surface area (Å²) in [6, 6.07) is 16.3. The molecule has 4 rings (SSSR count). The van der Waals surface area contributed by atoms with Crippen molar-refractivity contribution in [2.45, 2.75) is 6.42 Å². The highest BCUT2D eigenvalue weighted by molar-refractivity contribution is 6.07. The summed E-state index contributed by atoms with van der Waals surface area (Å²) in [4.78, 5) is 12.2. The third kappa shape index (κ3) is 2.65. The molecule has 0 aliphatic heterocycles. The zero-order chi connectivity index (χ0) is 16.4. The van der Waals surface area contributed by atoms with Gasteiger partial charge in [0, 0.05) is 17.4 Å². The lowest BCUT2D eigenvalue weighted by Crippen LogP contribution is -2.07. The monoisotopic (exact) mass is 318 g/mol. The largest absolute Gasteiger partial charge is 0.497 e. The maximum atomic E-state index is 5.18. The molecule has 5 heteroatoms. The number of rotatable bonds is 5. The molecule has 0 aliphatic carbocycles. The predicted molar refractivity (Wildman–Crippen MR) is 96.6 cm³/mol. The van der Waals surface area contributed by atoms with Crippen LogP contribution in [0, 0.1) is 0 Å². The van der Waals surface area contributed by atoms with Gasteiger partial charge in [-0.3, -0.25) is 0 Å². The number of methoxy groups -OCH3 is 1. The fourth-order valence-electron chi connectivity index (χ4n) is 2.89. The quantitative estimate of drug-likeness (QED) is 0.588. The molecule has 2 heterocycles. The molecule has 120 valence electrons. The Bertz CT molecular complexity index is 976. The molecule has 0 saturated carbocycles. The molecule has 0 radical (unpaired) electrons. The third-order valence-electron chi connectivity index (χ3n) is 4.15. The highest BCUT2D eigenvalue weighted by atomic mass is 16.5. The lowest BCUT2D eigenvalue weighted by atomic mass is 10.1. The van der Waals surface area contributed by atoms with E-state index in [1.165, 1.54) is 5.56 Å². The van der Waals surface area contributed by atoms with Crippen LogP contribution in [-0.4, -0.2) is 28.6 Å². The molecule has 0 saturated heterocycles. The molecular formula is C19H18N4O. The van der Waals surface area contributed by atoms with Crippen LogP contribution in [0.3, 0.4) is 0 Å². The van der Waals surface area contributed by atoms with Crippen molar-refractivity contribution in [1.82, 2.24) is 15.0 Å². The lowest BCUT2D eigenvalue weighted by Gasteiger charge is -2.07. The van der Waals surface area contributed by atoms with Crippen LogP contribution in [0.25, 0.3) is 21.9 Å². The van der Waals surface area contributed by atoms with Crippen LogP contribution in [0.5, 0.6) is 5.75 Å². The molecule has 0 amide bonds. The van der Waals surface area contributed by atoms with Gasteiger partial charge in [-0.15, -0.1) is 0 Å². The van der Waals surface area contributed by atoms with E-state index in [0.717, 1.165) is 46.5 Å². The minimum atomic E-state index is 0.799. The predicted octanol–water partition coefficient (Wildman–Crippen LogP) is 3.77. The van der Waals surface area contributed by atoms with Gasteiger partial charge >= 0.3 is 0 Å². The van der Waals surface area contributed by atoms with E-state index in [4.69, 9.17) is 4.74 Å². The number of H-pyrrole nitrogens is 1. The second-order valence-corrected chi connectivity index (χ2v) is 5.64. The number of benzene rings is 2. The van der Waals surface area contributed by atoms with E-state index in [9.17, 15) is 0 Å². The normalized spacial score (nSPS) is 11.0. The summed E-state index contributed by atoms with van der Waals surface area (Å²) in [5.74, 6) is 1.71. The van der Waals surface area contributed by atoms with Gasteiger partial charge in [0.2, 0.25) is 0 Å². The molecule has 4 aromatic rings. The van der Waals surface area contributed by atoms with E-state index in [-0.39, 0.29) is 0 Å². The van der Waals surface area contributed by atoms with Crippen molar-refractivity contribution in [3.8, 4) is 5.75 Å². The maximum absolute atomic E-state index is 5.18. The van der Waals surface area contributed by atoms with Crippen LogP contribution in [0.2, 0.25) is 0 Å². The molecule has 0 bridgehead atoms. The number of aromatic amines is 1. The van der Waals surface area contributed by atoms with Gasteiger partial charge < -0.3 is 15.0 Å². The van der Waals surface area contributed by atoms with E-state index in [0.29, 0.717) is 0 Å². The number of anilines is 1. The van der Waals surface area contributed by atoms with Crippen LogP contribution in [0.1, 0.15) is 5.56 Å². The first-order chi connectivity index (χ1) is 11.8. The highest BCUT2D eigenvalue weighted by Crippen LogP contribution is 2.26. The summed E-state index contributed by atoms with van der Waals surface area (Å²) in [5.41, 5.74) is 4.23. The zero-order valence-corrected chi connectivity index (χ0v) is 13.4. The molecule has 0 unspecified atom stereocenters. The molecule has 2 aromatic carbocycles. The molecule has 2 aromatic heterocycles. The summed E-state index contributed by atoms with van der Waals surface area (Å²) >= 11 is 0. The topological polar surface area (TPSA) is 62.8 Å². The Kier molecular flexibility index (Phi) is 3.75. The number of para-hydroxylation sites is 1. The number of aromatic nitrogens is 3. The average molecular weight is 318 g/mol. The van der Waals surface area contributed by atoms with Crippen LogP contribution in [0.15, 0.2) is 54.9 Å². The number of nitrogens with zero attached hydrogens (tertiary/aromatic N) is 2. The van der Waals surface area contributed by atoms with Crippen molar-refractivity contribution >= 4 is 27.8 Å². The second-order valence-electron chi connectivity index (χ2n) is 5.64. The van der Waals surface area contributed by atoms with Gasteiger partial charge in [0.25, 0.3) is 0 Å². The van der Waals surface area contributed by atoms with Crippen LogP contribution in [-0.2, 0) is 6.42 Å². The van der Waals surface area contributed by atoms with E-state index in [1.54, 1.807) is 13.4 Å². The van der Waals surface area contributed by atoms with Crippen LogP contribution < -0.4 is 10.1 Å². The second kappa shape index (κ2) is 6.20. The first-order valence-electron chi connectivity index (χ1n) is 7.93. The van der Waals surface area contributed by atoms with Gasteiger partial charge in [0.05, 0.1) is 7.11 Å². The molecule has 0 fully saturated rings. The summed E-state index contributed by atoms with van der Waals surface area (Å²) in [6.07, 6.45) is 2.52. The van der Waals surface area contributed by atoms with E-state index in [1.807, 2.05) is 24.3 Å². The van der Waals surface area contributed by atoms with Gasteiger partial charge in [-0.05, 0) is 30.2 Å². The highest BCUT2D eigenvalue weighted by Gasteiger charge is 2.09. The summed E-state index contributed by atoms with van der Waals surface area (Å²) < 4.78 is 5.18. The Morgan fingerprint density at radius 1 is 1.04 bits per heavy atom. The van der Waals surface area contributed by atoms with E-state index < -0.39 is 0 Å². The van der Waals surface area contributed by atoms with Crippen molar-refractivity contribution < 1.29 is 4.74 Å². The van der Waals surface area contributed by atoms with Crippen molar-refractivity contribution in [3.05, 3.63) is 60.4 Å². The molecule has 0 spiro atoms. The van der Waals surface area contributed by atoms with Crippen molar-refractivity contribution in [2.75, 3.05) is 19.0 Å². The number of hydrogen-bond acceptors (Lipinski definition) is 4. The molecule has 5 nitrogen and oxygen atoms in total. The van der Waals surface area contributed by atoms with E-state index >= 15 is 0 Å². The fourth-order valence-corrected chi connectivity index (χ4v) is 2.89. The van der Waals surface area contributed by atoms with Gasteiger partial charge in [-0.1, -0.05) is 30.3 Å². The minimum Gasteiger partial charge on any atom is -0.497 e. The third-order valence-corrected chi connectivity index (χ3v) is 4.15. The Labute approximate surface area is 139 Å². The number of fused-ring (bicyclic) bond motifs is 3. The number of hydrogen-bond donors (Lipinski definition) is 2. The summed E-state index contributed by atoms with van der Waals surface area (Å²) in [5, 5.41) is 4.53. The van der Waals surface area contributed by atoms with E-state index in [2.05, 4.69) is 44.5 Å². The molecule has 24 heavy (non-hydrogen) atoms. The summed E-state index contributed by atoms with van der Waals surface area (Å²) in [7, 11) is 1.68. The van der Waals surface area contributed by atoms with Crippen LogP contribution >= 0.6 is 0 Å². The lowest BCUT2D eigenvalue weighted by molar-refractivity contribution is 0.414. The van der Waals surface area contributed by atoms with Gasteiger partial charge in [-0.2, -0.15) is 0 Å². The standard InChI is InChI=1S/C19H18N4O/c1-24-14-8-6-13(7-9-14)10-11-20-19-18-17(21-12-22-19)15-4-2-3-5-16(15)23-18/h2-9,12,23H,10-11H2,1H3,(H,20,21,22). The fraction of sp³-hybridized carbons (Fsp3) is 0.158. The summed E-state index contributed by atoms with van der Waals surface area (Å²) in [6.45, 7) is 0.799. The van der Waals surface area contributed by atoms with Gasteiger partial charge in [-0.25, -0.2) is 9.97 Å². The van der Waals surface area contributed by atoms with Gasteiger partial charge in [0.1, 0.15) is 23.1 Å². The molecule has 0 aliphatic rings. The number of nitrogens with one attached hydrogen (secondary N) is 2. The van der Waals surface area contributed by atoms with Crippen molar-refractivity contribution in [1.29, 1.82) is 0 Å². The minimum absolute atomic E-state index is 0.799. The zero-order valence-electron chi connectivity index (χ0n) is 13.4. The maximum Gasteiger partial charge on any atom is 0.153 e. The Morgan fingerprint density at radius 3 is 2.71 bits per heavy atom. The average Bonchev–Trinajstić information content (AvgIpc) is 3.02. The molecule has 0 atom stereocenters. The Morgan fingerprint density at radius 2 is 1.88 bits per heavy atom. The smallest absolute Gasteiger partial charge is 0.153 e. The SMILES string of the molecule is COc1ccc(CCNc2ncnc3c2[nH]c2ccccc23)cc1. The Balaban J connectivity index is 1.53. The molecular weight excluding hydrogens is 300 g/mol. The first kappa shape index (κ1) is 14.5. The van der Waals surface area contributed by atoms with Crippen molar-refractivity contribution in [2.24, 2.45) is 0 Å². The van der Waals surface area contributed by atoms with Crippen LogP contribution in [0.4, 0.5) is 5.82 Å². The Hall–Kier alpha value is -3.08. The molecule has 2 N–H and O–H groups in total. The van der Waals surface area contributed by atoms with Gasteiger partial charge in [0.15, 0.2) is 5.82 Å². The van der Waals surface area contributed by atoms with Crippen molar-refractivity contribution in [3.63, 3.8) is 0 Å².